The van der Waals surface area contributed by atoms with Crippen molar-refractivity contribution in [2.45, 2.75) is 56.4 Å². The molecule has 0 radical (unpaired) electrons. The summed E-state index contributed by atoms with van der Waals surface area (Å²) in [6.07, 6.45) is 8.25. The number of aliphatic hydroxyl groups excluding tert-OH is 1. The van der Waals surface area contributed by atoms with E-state index in [9.17, 15) is 0 Å². The number of rotatable bonds is 6. The molecule has 84 valence electrons. The van der Waals surface area contributed by atoms with Gasteiger partial charge in [-0.2, -0.15) is 11.8 Å². The number of nitrogens with one attached hydrogen (secondary N) is 1. The molecule has 0 heterocycles. The average Bonchev–Trinajstić information content (AvgIpc) is 2.62. The molecular weight excluding hydrogens is 194 g/mol. The molecule has 3 heteroatoms. The monoisotopic (exact) mass is 217 g/mol. The maximum atomic E-state index is 8.73. The van der Waals surface area contributed by atoms with Crippen LogP contribution in [0, 0.1) is 0 Å². The number of thioether (sulfide) groups is 1. The topological polar surface area (TPSA) is 32.3 Å². The van der Waals surface area contributed by atoms with Crippen molar-refractivity contribution in [1.82, 2.24) is 5.32 Å². The molecule has 0 aliphatic heterocycles. The summed E-state index contributed by atoms with van der Waals surface area (Å²) in [6.45, 7) is 2.55. The molecule has 0 amide bonds. The highest BCUT2D eigenvalue weighted by Gasteiger charge is 2.24. The van der Waals surface area contributed by atoms with Crippen LogP contribution in [0.1, 0.15) is 39.0 Å². The SMILES string of the molecule is CSC1CCC(NC(C)CCCO)C1. The Kier molecular flexibility index (Phi) is 5.90. The van der Waals surface area contributed by atoms with E-state index in [2.05, 4.69) is 18.5 Å². The zero-order valence-corrected chi connectivity index (χ0v) is 10.1. The summed E-state index contributed by atoms with van der Waals surface area (Å²) in [5.41, 5.74) is 0. The van der Waals surface area contributed by atoms with Gasteiger partial charge in [-0.15, -0.1) is 0 Å². The van der Waals surface area contributed by atoms with Gasteiger partial charge in [-0.05, 0) is 45.3 Å². The molecular formula is C11H23NOS. The predicted molar refractivity (Wildman–Crippen MR) is 63.9 cm³/mol. The lowest BCUT2D eigenvalue weighted by atomic mass is 10.1. The largest absolute Gasteiger partial charge is 0.396 e. The molecule has 0 bridgehead atoms. The van der Waals surface area contributed by atoms with Gasteiger partial charge in [0.15, 0.2) is 0 Å². The first kappa shape index (κ1) is 12.3. The maximum absolute atomic E-state index is 8.73. The average molecular weight is 217 g/mol. The van der Waals surface area contributed by atoms with Crippen molar-refractivity contribution in [3.05, 3.63) is 0 Å². The van der Waals surface area contributed by atoms with Crippen LogP contribution in [0.3, 0.4) is 0 Å². The molecule has 0 aromatic carbocycles. The molecule has 0 aromatic heterocycles. The second-order valence-electron chi connectivity index (χ2n) is 4.30. The molecule has 0 aromatic rings. The number of hydrogen-bond donors (Lipinski definition) is 2. The molecule has 1 rings (SSSR count). The first-order valence-corrected chi connectivity index (χ1v) is 6.94. The molecule has 1 saturated carbocycles. The Balaban J connectivity index is 2.12. The highest BCUT2D eigenvalue weighted by atomic mass is 32.2. The van der Waals surface area contributed by atoms with E-state index >= 15 is 0 Å². The van der Waals surface area contributed by atoms with Crippen molar-refractivity contribution in [1.29, 1.82) is 0 Å². The fraction of sp³-hybridized carbons (Fsp3) is 1.00. The second kappa shape index (κ2) is 6.70. The molecule has 0 spiro atoms. The van der Waals surface area contributed by atoms with Gasteiger partial charge in [0.25, 0.3) is 0 Å². The van der Waals surface area contributed by atoms with E-state index in [-0.39, 0.29) is 0 Å². The summed E-state index contributed by atoms with van der Waals surface area (Å²) in [6, 6.07) is 1.29. The van der Waals surface area contributed by atoms with E-state index in [1.807, 2.05) is 11.8 Å². The van der Waals surface area contributed by atoms with E-state index < -0.39 is 0 Å². The molecule has 3 atom stereocenters. The lowest BCUT2D eigenvalue weighted by molar-refractivity contribution is 0.273. The number of hydrogen-bond acceptors (Lipinski definition) is 3. The van der Waals surface area contributed by atoms with Crippen LogP contribution in [0.4, 0.5) is 0 Å². The number of aliphatic hydroxyl groups is 1. The molecule has 1 fully saturated rings. The van der Waals surface area contributed by atoms with Crippen LogP contribution in [0.5, 0.6) is 0 Å². The maximum Gasteiger partial charge on any atom is 0.0431 e. The van der Waals surface area contributed by atoms with Crippen LogP contribution in [-0.2, 0) is 0 Å². The van der Waals surface area contributed by atoms with Crippen LogP contribution in [-0.4, -0.2) is 35.3 Å². The smallest absolute Gasteiger partial charge is 0.0431 e. The Morgan fingerprint density at radius 3 is 2.86 bits per heavy atom. The van der Waals surface area contributed by atoms with Crippen molar-refractivity contribution in [2.75, 3.05) is 12.9 Å². The van der Waals surface area contributed by atoms with Crippen molar-refractivity contribution >= 4 is 11.8 Å². The predicted octanol–water partition coefficient (Wildman–Crippen LogP) is 2.02. The Morgan fingerprint density at radius 2 is 2.29 bits per heavy atom. The van der Waals surface area contributed by atoms with Gasteiger partial charge in [-0.1, -0.05) is 0 Å². The highest BCUT2D eigenvalue weighted by molar-refractivity contribution is 7.99. The summed E-state index contributed by atoms with van der Waals surface area (Å²) in [5.74, 6) is 0. The normalized spacial score (nSPS) is 29.4. The first-order chi connectivity index (χ1) is 6.76. The third kappa shape index (κ3) is 4.20. The van der Waals surface area contributed by atoms with Gasteiger partial charge in [0.2, 0.25) is 0 Å². The van der Waals surface area contributed by atoms with Gasteiger partial charge in [0.05, 0.1) is 0 Å². The van der Waals surface area contributed by atoms with Crippen LogP contribution >= 0.6 is 11.8 Å². The molecule has 0 saturated heterocycles. The minimum Gasteiger partial charge on any atom is -0.396 e. The van der Waals surface area contributed by atoms with Crippen molar-refractivity contribution in [2.24, 2.45) is 0 Å². The van der Waals surface area contributed by atoms with Gasteiger partial charge < -0.3 is 10.4 Å². The Morgan fingerprint density at radius 1 is 1.50 bits per heavy atom. The van der Waals surface area contributed by atoms with Gasteiger partial charge in [0, 0.05) is 23.9 Å². The molecule has 2 nitrogen and oxygen atoms in total. The van der Waals surface area contributed by atoms with Gasteiger partial charge in [-0.3, -0.25) is 0 Å². The van der Waals surface area contributed by atoms with E-state index in [0.29, 0.717) is 12.6 Å². The van der Waals surface area contributed by atoms with Crippen LogP contribution < -0.4 is 5.32 Å². The zero-order valence-electron chi connectivity index (χ0n) is 9.33. The quantitative estimate of drug-likeness (QED) is 0.714. The zero-order chi connectivity index (χ0) is 10.4. The van der Waals surface area contributed by atoms with Crippen molar-refractivity contribution in [3.63, 3.8) is 0 Å². The minimum absolute atomic E-state index is 0.324. The summed E-state index contributed by atoms with van der Waals surface area (Å²) in [4.78, 5) is 0. The standard InChI is InChI=1S/C11H23NOS/c1-9(4-3-7-13)12-10-5-6-11(8-10)14-2/h9-13H,3-8H2,1-2H3. The molecule has 2 N–H and O–H groups in total. The van der Waals surface area contributed by atoms with Crippen LogP contribution in [0.2, 0.25) is 0 Å². The first-order valence-electron chi connectivity index (χ1n) is 5.66. The summed E-state index contributed by atoms with van der Waals surface area (Å²) in [5, 5.41) is 13.3. The summed E-state index contributed by atoms with van der Waals surface area (Å²) >= 11 is 2.00. The fourth-order valence-corrected chi connectivity index (χ4v) is 2.99. The second-order valence-corrected chi connectivity index (χ2v) is 5.44. The Hall–Kier alpha value is 0.270. The van der Waals surface area contributed by atoms with Crippen molar-refractivity contribution in [3.8, 4) is 0 Å². The lowest BCUT2D eigenvalue weighted by Crippen LogP contribution is -2.35. The highest BCUT2D eigenvalue weighted by Crippen LogP contribution is 2.28. The Labute approximate surface area is 91.9 Å². The Bertz CT molecular complexity index is 154. The van der Waals surface area contributed by atoms with E-state index in [0.717, 1.165) is 24.1 Å². The van der Waals surface area contributed by atoms with Crippen LogP contribution in [0.25, 0.3) is 0 Å². The minimum atomic E-state index is 0.324. The summed E-state index contributed by atoms with van der Waals surface area (Å²) < 4.78 is 0. The van der Waals surface area contributed by atoms with Gasteiger partial charge >= 0.3 is 0 Å². The van der Waals surface area contributed by atoms with E-state index in [1.54, 1.807) is 0 Å². The third-order valence-corrected chi connectivity index (χ3v) is 4.13. The summed E-state index contributed by atoms with van der Waals surface area (Å²) in [7, 11) is 0. The van der Waals surface area contributed by atoms with Crippen LogP contribution in [0.15, 0.2) is 0 Å². The van der Waals surface area contributed by atoms with Crippen molar-refractivity contribution < 1.29 is 5.11 Å². The molecule has 3 unspecified atom stereocenters. The lowest BCUT2D eigenvalue weighted by Gasteiger charge is -2.19. The van der Waals surface area contributed by atoms with Gasteiger partial charge in [-0.25, -0.2) is 0 Å². The van der Waals surface area contributed by atoms with Gasteiger partial charge in [0.1, 0.15) is 0 Å². The molecule has 14 heavy (non-hydrogen) atoms. The van der Waals surface area contributed by atoms with E-state index in [4.69, 9.17) is 5.11 Å². The van der Waals surface area contributed by atoms with E-state index in [1.165, 1.54) is 19.3 Å². The fourth-order valence-electron chi connectivity index (χ4n) is 2.19. The molecule has 1 aliphatic carbocycles. The third-order valence-electron chi connectivity index (χ3n) is 3.03. The molecule has 1 aliphatic rings.